The summed E-state index contributed by atoms with van der Waals surface area (Å²) < 4.78 is 0.588. The summed E-state index contributed by atoms with van der Waals surface area (Å²) in [5.74, 6) is 2.34. The molecule has 0 heterocycles. The SMILES string of the molecule is CCSC(/C=C/C=C/c1ccccc1)SCC. The molecule has 0 amide bonds. The van der Waals surface area contributed by atoms with Gasteiger partial charge < -0.3 is 0 Å². The van der Waals surface area contributed by atoms with Gasteiger partial charge in [0.1, 0.15) is 0 Å². The molecule has 0 saturated carbocycles. The minimum absolute atomic E-state index is 0.588. The van der Waals surface area contributed by atoms with E-state index >= 15 is 0 Å². The van der Waals surface area contributed by atoms with E-state index in [-0.39, 0.29) is 0 Å². The third-order valence-corrected chi connectivity index (χ3v) is 4.58. The van der Waals surface area contributed by atoms with Crippen LogP contribution in [0.25, 0.3) is 6.08 Å². The fourth-order valence-electron chi connectivity index (χ4n) is 1.37. The van der Waals surface area contributed by atoms with Crippen molar-refractivity contribution in [2.75, 3.05) is 11.5 Å². The van der Waals surface area contributed by atoms with E-state index < -0.39 is 0 Å². The Morgan fingerprint density at radius 3 is 2.24 bits per heavy atom. The van der Waals surface area contributed by atoms with Crippen LogP contribution in [0.1, 0.15) is 19.4 Å². The Hall–Kier alpha value is -0.600. The van der Waals surface area contributed by atoms with Crippen LogP contribution in [0, 0.1) is 0 Å². The first-order valence-electron chi connectivity index (χ1n) is 6.00. The van der Waals surface area contributed by atoms with Gasteiger partial charge in [-0.25, -0.2) is 0 Å². The average Bonchev–Trinajstić information content (AvgIpc) is 2.36. The van der Waals surface area contributed by atoms with Gasteiger partial charge in [0.25, 0.3) is 0 Å². The monoisotopic (exact) mass is 264 g/mol. The Morgan fingerprint density at radius 2 is 1.65 bits per heavy atom. The minimum Gasteiger partial charge on any atom is -0.144 e. The third-order valence-electron chi connectivity index (χ3n) is 2.13. The maximum absolute atomic E-state index is 2.28. The lowest BCUT2D eigenvalue weighted by Crippen LogP contribution is -1.92. The van der Waals surface area contributed by atoms with Crippen LogP contribution in [-0.2, 0) is 0 Å². The number of benzene rings is 1. The molecule has 0 saturated heterocycles. The van der Waals surface area contributed by atoms with Gasteiger partial charge in [-0.05, 0) is 17.1 Å². The molecule has 0 aliphatic rings. The summed E-state index contributed by atoms with van der Waals surface area (Å²) in [7, 11) is 0. The summed E-state index contributed by atoms with van der Waals surface area (Å²) in [4.78, 5) is 0. The zero-order valence-corrected chi connectivity index (χ0v) is 12.1. The third kappa shape index (κ3) is 6.64. The topological polar surface area (TPSA) is 0 Å². The highest BCUT2D eigenvalue weighted by Gasteiger charge is 2.00. The molecule has 0 unspecified atom stereocenters. The van der Waals surface area contributed by atoms with Gasteiger partial charge >= 0.3 is 0 Å². The van der Waals surface area contributed by atoms with Crippen molar-refractivity contribution < 1.29 is 0 Å². The van der Waals surface area contributed by atoms with E-state index in [0.29, 0.717) is 4.58 Å². The van der Waals surface area contributed by atoms with E-state index in [1.807, 2.05) is 29.6 Å². The summed E-state index contributed by atoms with van der Waals surface area (Å²) in [6.07, 6.45) is 8.69. The van der Waals surface area contributed by atoms with Gasteiger partial charge in [0, 0.05) is 0 Å². The van der Waals surface area contributed by atoms with Crippen molar-refractivity contribution in [3.05, 3.63) is 54.1 Å². The summed E-state index contributed by atoms with van der Waals surface area (Å²) >= 11 is 3.98. The molecule has 0 aliphatic carbocycles. The smallest absolute Gasteiger partial charge is 0.0685 e. The average molecular weight is 264 g/mol. The van der Waals surface area contributed by atoms with Crippen LogP contribution in [-0.4, -0.2) is 16.1 Å². The Morgan fingerprint density at radius 1 is 1.00 bits per heavy atom. The maximum atomic E-state index is 2.28. The highest BCUT2D eigenvalue weighted by Crippen LogP contribution is 2.24. The van der Waals surface area contributed by atoms with Crippen molar-refractivity contribution in [2.45, 2.75) is 18.4 Å². The number of hydrogen-bond donors (Lipinski definition) is 0. The van der Waals surface area contributed by atoms with E-state index in [1.165, 1.54) is 17.1 Å². The molecule has 1 aromatic carbocycles. The van der Waals surface area contributed by atoms with Gasteiger partial charge in [-0.1, -0.05) is 68.5 Å². The molecule has 0 atom stereocenters. The molecule has 1 rings (SSSR count). The van der Waals surface area contributed by atoms with Crippen LogP contribution < -0.4 is 0 Å². The second kappa shape index (κ2) is 9.43. The van der Waals surface area contributed by atoms with Crippen molar-refractivity contribution in [1.29, 1.82) is 0 Å². The molecule has 1 aromatic rings. The Bertz CT molecular complexity index is 335. The standard InChI is InChI=1S/C15H20S2/c1-3-16-15(17-4-2)13-9-8-12-14-10-6-5-7-11-14/h5-13,15H,3-4H2,1-2H3/b12-8+,13-9+. The first-order chi connectivity index (χ1) is 8.36. The van der Waals surface area contributed by atoms with Gasteiger partial charge in [-0.15, -0.1) is 23.5 Å². The fraction of sp³-hybridized carbons (Fsp3) is 0.333. The summed E-state index contributed by atoms with van der Waals surface area (Å²) in [6, 6.07) is 10.4. The molecule has 0 bridgehead atoms. The predicted octanol–water partition coefficient (Wildman–Crippen LogP) is 5.09. The Labute approximate surface area is 114 Å². The summed E-state index contributed by atoms with van der Waals surface area (Å²) in [5.41, 5.74) is 1.25. The Balaban J connectivity index is 2.44. The van der Waals surface area contributed by atoms with Crippen LogP contribution >= 0.6 is 23.5 Å². The van der Waals surface area contributed by atoms with Gasteiger partial charge in [-0.2, -0.15) is 0 Å². The minimum atomic E-state index is 0.588. The molecule has 0 aromatic heterocycles. The van der Waals surface area contributed by atoms with E-state index in [2.05, 4.69) is 62.4 Å². The highest BCUT2D eigenvalue weighted by atomic mass is 32.2. The van der Waals surface area contributed by atoms with Crippen molar-refractivity contribution in [2.24, 2.45) is 0 Å². The molecule has 92 valence electrons. The number of allylic oxidation sites excluding steroid dienone is 2. The van der Waals surface area contributed by atoms with Gasteiger partial charge in [0.2, 0.25) is 0 Å². The first-order valence-corrected chi connectivity index (χ1v) is 8.09. The number of rotatable bonds is 7. The lowest BCUT2D eigenvalue weighted by atomic mass is 10.2. The molecule has 0 N–H and O–H groups in total. The molecule has 0 spiro atoms. The number of hydrogen-bond acceptors (Lipinski definition) is 2. The number of thioether (sulfide) groups is 2. The van der Waals surface area contributed by atoms with E-state index in [1.54, 1.807) is 0 Å². The molecular weight excluding hydrogens is 244 g/mol. The predicted molar refractivity (Wildman–Crippen MR) is 84.7 cm³/mol. The van der Waals surface area contributed by atoms with Gasteiger partial charge in [-0.3, -0.25) is 0 Å². The van der Waals surface area contributed by atoms with E-state index in [0.717, 1.165) is 0 Å². The molecular formula is C15H20S2. The lowest BCUT2D eigenvalue weighted by molar-refractivity contribution is 1.47. The molecule has 2 heteroatoms. The van der Waals surface area contributed by atoms with Crippen molar-refractivity contribution in [3.63, 3.8) is 0 Å². The van der Waals surface area contributed by atoms with Crippen LogP contribution in [0.3, 0.4) is 0 Å². The molecule has 0 aliphatic heterocycles. The summed E-state index contributed by atoms with van der Waals surface area (Å²) in [5, 5.41) is 0. The zero-order valence-electron chi connectivity index (χ0n) is 10.5. The maximum Gasteiger partial charge on any atom is 0.0685 e. The van der Waals surface area contributed by atoms with E-state index in [4.69, 9.17) is 0 Å². The van der Waals surface area contributed by atoms with Crippen LogP contribution in [0.4, 0.5) is 0 Å². The van der Waals surface area contributed by atoms with E-state index in [9.17, 15) is 0 Å². The highest BCUT2D eigenvalue weighted by molar-refractivity contribution is 8.17. The van der Waals surface area contributed by atoms with Crippen LogP contribution in [0.5, 0.6) is 0 Å². The fourth-order valence-corrected chi connectivity index (χ4v) is 3.64. The Kier molecular flexibility index (Phi) is 8.02. The first kappa shape index (κ1) is 14.5. The van der Waals surface area contributed by atoms with Gasteiger partial charge in [0.15, 0.2) is 0 Å². The molecule has 0 nitrogen and oxygen atoms in total. The lowest BCUT2D eigenvalue weighted by Gasteiger charge is -2.08. The normalized spacial score (nSPS) is 11.9. The second-order valence-electron chi connectivity index (χ2n) is 3.43. The zero-order chi connectivity index (χ0) is 12.3. The molecule has 0 radical (unpaired) electrons. The largest absolute Gasteiger partial charge is 0.144 e. The van der Waals surface area contributed by atoms with Crippen LogP contribution in [0.2, 0.25) is 0 Å². The quantitative estimate of drug-likeness (QED) is 0.497. The van der Waals surface area contributed by atoms with Crippen molar-refractivity contribution in [1.82, 2.24) is 0 Å². The molecule has 0 fully saturated rings. The van der Waals surface area contributed by atoms with Gasteiger partial charge in [0.05, 0.1) is 4.58 Å². The summed E-state index contributed by atoms with van der Waals surface area (Å²) in [6.45, 7) is 4.42. The van der Waals surface area contributed by atoms with Crippen LogP contribution in [0.15, 0.2) is 48.6 Å². The second-order valence-corrected chi connectivity index (χ2v) is 6.57. The molecule has 17 heavy (non-hydrogen) atoms. The van der Waals surface area contributed by atoms with Crippen molar-refractivity contribution in [3.8, 4) is 0 Å². The van der Waals surface area contributed by atoms with Crippen molar-refractivity contribution >= 4 is 29.6 Å².